The first-order valence-electron chi connectivity index (χ1n) is 9.05. The number of hydrogen-bond donors (Lipinski definition) is 2. The van der Waals surface area contributed by atoms with Gasteiger partial charge in [-0.3, -0.25) is 9.69 Å². The molecule has 1 atom stereocenters. The van der Waals surface area contributed by atoms with Crippen LogP contribution >= 0.6 is 23.2 Å². The summed E-state index contributed by atoms with van der Waals surface area (Å²) in [5.74, 6) is -1.10. The van der Waals surface area contributed by atoms with Gasteiger partial charge in [-0.2, -0.15) is 0 Å². The number of amides is 3. The summed E-state index contributed by atoms with van der Waals surface area (Å²) in [5.41, 5.74) is 1.28. The number of carbonyl (C=O) groups excluding carboxylic acids is 2. The highest BCUT2D eigenvalue weighted by atomic mass is 35.5. The van der Waals surface area contributed by atoms with E-state index in [4.69, 9.17) is 37.8 Å². The lowest BCUT2D eigenvalue weighted by Gasteiger charge is -2.14. The zero-order valence-corrected chi connectivity index (χ0v) is 18.0. The number of carboxylic acids is 1. The second kappa shape index (κ2) is 9.28. The second-order valence-corrected chi connectivity index (χ2v) is 7.45. The average molecular weight is 465 g/mol. The standard InChI is InChI=1S/C21H18Cl2N2O6/c1-11(20(27)28)31-17-6-4-12(9-18(17)30-2)8-16-19(26)25(21(29)24-16)10-13-3-5-14(22)15(23)7-13/h3-9,11H,10H2,1-2H3,(H,24,29)(H,27,28)/b16-8+/t11-/m1/s1. The van der Waals surface area contributed by atoms with Crippen LogP contribution in [0.2, 0.25) is 10.0 Å². The fourth-order valence-corrected chi connectivity index (χ4v) is 3.14. The van der Waals surface area contributed by atoms with Crippen molar-refractivity contribution in [3.05, 3.63) is 63.3 Å². The normalized spacial score (nSPS) is 15.7. The van der Waals surface area contributed by atoms with E-state index in [1.807, 2.05) is 0 Å². The molecular formula is C21H18Cl2N2O6. The molecule has 1 aliphatic rings. The number of urea groups is 1. The second-order valence-electron chi connectivity index (χ2n) is 6.64. The van der Waals surface area contributed by atoms with Crippen LogP contribution in [0.3, 0.4) is 0 Å². The molecule has 1 heterocycles. The Bertz CT molecular complexity index is 1090. The molecule has 8 nitrogen and oxygen atoms in total. The molecule has 0 unspecified atom stereocenters. The third-order valence-corrected chi connectivity index (χ3v) is 5.18. The summed E-state index contributed by atoms with van der Waals surface area (Å²) < 4.78 is 10.6. The molecule has 2 aromatic rings. The summed E-state index contributed by atoms with van der Waals surface area (Å²) in [5, 5.41) is 12.2. The first-order valence-corrected chi connectivity index (χ1v) is 9.81. The molecule has 0 aromatic heterocycles. The zero-order chi connectivity index (χ0) is 22.7. The number of benzene rings is 2. The highest BCUT2D eigenvalue weighted by Crippen LogP contribution is 2.30. The maximum absolute atomic E-state index is 12.7. The van der Waals surface area contributed by atoms with E-state index in [0.717, 1.165) is 4.90 Å². The predicted octanol–water partition coefficient (Wildman–Crippen LogP) is 3.95. The first kappa shape index (κ1) is 22.5. The van der Waals surface area contributed by atoms with Crippen LogP contribution in [0.5, 0.6) is 11.5 Å². The van der Waals surface area contributed by atoms with Crippen molar-refractivity contribution in [3.63, 3.8) is 0 Å². The number of hydrogen-bond acceptors (Lipinski definition) is 5. The number of carboxylic acid groups (broad SMARTS) is 1. The molecule has 3 amide bonds. The van der Waals surface area contributed by atoms with Crippen LogP contribution in [0.4, 0.5) is 4.79 Å². The van der Waals surface area contributed by atoms with Crippen molar-refractivity contribution in [3.8, 4) is 11.5 Å². The summed E-state index contributed by atoms with van der Waals surface area (Å²) in [6, 6.07) is 9.00. The number of nitrogens with zero attached hydrogens (tertiary/aromatic N) is 1. The van der Waals surface area contributed by atoms with Crippen molar-refractivity contribution in [1.29, 1.82) is 0 Å². The molecule has 2 N–H and O–H groups in total. The lowest BCUT2D eigenvalue weighted by molar-refractivity contribution is -0.144. The van der Waals surface area contributed by atoms with E-state index in [0.29, 0.717) is 21.2 Å². The van der Waals surface area contributed by atoms with Gasteiger partial charge in [-0.1, -0.05) is 35.3 Å². The van der Waals surface area contributed by atoms with Crippen molar-refractivity contribution in [2.75, 3.05) is 7.11 Å². The van der Waals surface area contributed by atoms with Crippen molar-refractivity contribution >= 4 is 47.2 Å². The predicted molar refractivity (Wildman–Crippen MR) is 114 cm³/mol. The molecule has 0 saturated carbocycles. The number of halogens is 2. The maximum Gasteiger partial charge on any atom is 0.344 e. The smallest absolute Gasteiger partial charge is 0.344 e. The van der Waals surface area contributed by atoms with Crippen LogP contribution in [0.1, 0.15) is 18.1 Å². The highest BCUT2D eigenvalue weighted by Gasteiger charge is 2.33. The third-order valence-electron chi connectivity index (χ3n) is 4.44. The first-order chi connectivity index (χ1) is 14.7. The summed E-state index contributed by atoms with van der Waals surface area (Å²) in [7, 11) is 1.41. The van der Waals surface area contributed by atoms with Crippen LogP contribution in [-0.4, -0.2) is 41.1 Å². The fourth-order valence-electron chi connectivity index (χ4n) is 2.81. The molecule has 31 heavy (non-hydrogen) atoms. The third kappa shape index (κ3) is 5.10. The number of rotatable bonds is 7. The lowest BCUT2D eigenvalue weighted by Crippen LogP contribution is -2.30. The van der Waals surface area contributed by atoms with Crippen LogP contribution in [0.25, 0.3) is 6.08 Å². The van der Waals surface area contributed by atoms with Crippen molar-refractivity contribution in [2.45, 2.75) is 19.6 Å². The van der Waals surface area contributed by atoms with E-state index in [2.05, 4.69) is 5.32 Å². The van der Waals surface area contributed by atoms with Crippen molar-refractivity contribution in [2.24, 2.45) is 0 Å². The Morgan fingerprint density at radius 2 is 1.90 bits per heavy atom. The van der Waals surface area contributed by atoms with Gasteiger partial charge in [0, 0.05) is 0 Å². The van der Waals surface area contributed by atoms with E-state index >= 15 is 0 Å². The van der Waals surface area contributed by atoms with Gasteiger partial charge in [0.05, 0.1) is 23.7 Å². The molecule has 0 bridgehead atoms. The average Bonchev–Trinajstić information content (AvgIpc) is 2.98. The quantitative estimate of drug-likeness (QED) is 0.474. The zero-order valence-electron chi connectivity index (χ0n) is 16.5. The number of methoxy groups -OCH3 is 1. The van der Waals surface area contributed by atoms with Gasteiger partial charge >= 0.3 is 12.0 Å². The SMILES string of the molecule is COc1cc(/C=C2/NC(=O)N(Cc3ccc(Cl)c(Cl)c3)C2=O)ccc1O[C@H](C)C(=O)O. The van der Waals surface area contributed by atoms with E-state index < -0.39 is 24.0 Å². The Hall–Kier alpha value is -3.23. The van der Waals surface area contributed by atoms with Gasteiger partial charge < -0.3 is 19.9 Å². The molecule has 10 heteroatoms. The van der Waals surface area contributed by atoms with Gasteiger partial charge in [0.25, 0.3) is 5.91 Å². The van der Waals surface area contributed by atoms with Crippen LogP contribution < -0.4 is 14.8 Å². The summed E-state index contributed by atoms with van der Waals surface area (Å²) in [6.45, 7) is 1.43. The topological polar surface area (TPSA) is 105 Å². The number of nitrogens with one attached hydrogen (secondary N) is 1. The van der Waals surface area contributed by atoms with E-state index in [-0.39, 0.29) is 23.7 Å². The molecular weight excluding hydrogens is 447 g/mol. The number of imide groups is 1. The molecule has 3 rings (SSSR count). The van der Waals surface area contributed by atoms with E-state index in [1.165, 1.54) is 26.2 Å². The maximum atomic E-state index is 12.7. The number of aliphatic carboxylic acids is 1. The molecule has 2 aromatic carbocycles. The van der Waals surface area contributed by atoms with E-state index in [1.54, 1.807) is 30.3 Å². The highest BCUT2D eigenvalue weighted by molar-refractivity contribution is 6.42. The van der Waals surface area contributed by atoms with Gasteiger partial charge in [-0.05, 0) is 48.4 Å². The molecule has 1 aliphatic heterocycles. The van der Waals surface area contributed by atoms with Crippen LogP contribution in [0.15, 0.2) is 42.1 Å². The number of ether oxygens (including phenoxy) is 2. The molecule has 162 valence electrons. The lowest BCUT2D eigenvalue weighted by atomic mass is 10.1. The van der Waals surface area contributed by atoms with Gasteiger partial charge in [0.2, 0.25) is 0 Å². The van der Waals surface area contributed by atoms with Gasteiger partial charge in [0.15, 0.2) is 17.6 Å². The summed E-state index contributed by atoms with van der Waals surface area (Å²) in [4.78, 5) is 37.1. The molecule has 0 radical (unpaired) electrons. The Morgan fingerprint density at radius 1 is 1.16 bits per heavy atom. The number of carbonyl (C=O) groups is 3. The summed E-state index contributed by atoms with van der Waals surface area (Å²) in [6.07, 6.45) is 0.422. The van der Waals surface area contributed by atoms with Crippen LogP contribution in [-0.2, 0) is 16.1 Å². The Kier molecular flexibility index (Phi) is 6.72. The minimum Gasteiger partial charge on any atom is -0.493 e. The van der Waals surface area contributed by atoms with E-state index in [9.17, 15) is 14.4 Å². The Morgan fingerprint density at radius 3 is 2.55 bits per heavy atom. The van der Waals surface area contributed by atoms with Gasteiger partial charge in [-0.25, -0.2) is 9.59 Å². The van der Waals surface area contributed by atoms with Crippen molar-refractivity contribution < 1.29 is 29.0 Å². The Labute approximate surface area is 187 Å². The summed E-state index contributed by atoms with van der Waals surface area (Å²) >= 11 is 11.9. The molecule has 1 fully saturated rings. The molecule has 0 aliphatic carbocycles. The minimum atomic E-state index is -1.12. The van der Waals surface area contributed by atoms with Crippen LogP contribution in [0, 0.1) is 0 Å². The molecule has 1 saturated heterocycles. The van der Waals surface area contributed by atoms with Gasteiger partial charge in [0.1, 0.15) is 5.70 Å². The van der Waals surface area contributed by atoms with Crippen molar-refractivity contribution in [1.82, 2.24) is 10.2 Å². The molecule has 0 spiro atoms. The largest absolute Gasteiger partial charge is 0.493 e. The Balaban J connectivity index is 1.80. The monoisotopic (exact) mass is 464 g/mol. The van der Waals surface area contributed by atoms with Gasteiger partial charge in [-0.15, -0.1) is 0 Å². The fraction of sp³-hybridized carbons (Fsp3) is 0.190. The minimum absolute atomic E-state index is 0.0298.